The van der Waals surface area contributed by atoms with Gasteiger partial charge in [-0.3, -0.25) is 4.79 Å². The average Bonchev–Trinajstić information content (AvgIpc) is 2.61. The van der Waals surface area contributed by atoms with Crippen molar-refractivity contribution in [3.8, 4) is 0 Å². The summed E-state index contributed by atoms with van der Waals surface area (Å²) >= 11 is 0. The predicted octanol–water partition coefficient (Wildman–Crippen LogP) is 1.66. The van der Waals surface area contributed by atoms with Crippen molar-refractivity contribution in [2.75, 3.05) is 27.2 Å². The van der Waals surface area contributed by atoms with Crippen molar-refractivity contribution in [3.63, 3.8) is 0 Å². The highest BCUT2D eigenvalue weighted by Gasteiger charge is 2.45. The van der Waals surface area contributed by atoms with E-state index in [9.17, 15) is 4.79 Å². The Morgan fingerprint density at radius 1 is 1.47 bits per heavy atom. The maximum Gasteiger partial charge on any atom is 0.246 e. The van der Waals surface area contributed by atoms with E-state index in [-0.39, 0.29) is 23.7 Å². The first-order valence-electron chi connectivity index (χ1n) is 7.19. The molecule has 108 valence electrons. The van der Waals surface area contributed by atoms with Gasteiger partial charge in [0.25, 0.3) is 0 Å². The predicted molar refractivity (Wildman–Crippen MR) is 76.0 cm³/mol. The highest BCUT2D eigenvalue weighted by Crippen LogP contribution is 2.37. The molecule has 2 aliphatic rings. The molecule has 2 fully saturated rings. The highest BCUT2D eigenvalue weighted by molar-refractivity contribution is 5.88. The van der Waals surface area contributed by atoms with Gasteiger partial charge < -0.3 is 14.5 Å². The minimum absolute atomic E-state index is 0.0917. The minimum atomic E-state index is -0.0917. The van der Waals surface area contributed by atoms with E-state index >= 15 is 0 Å². The van der Waals surface area contributed by atoms with E-state index < -0.39 is 0 Å². The number of hydrogen-bond donors (Lipinski definition) is 0. The van der Waals surface area contributed by atoms with Crippen LogP contribution in [0.15, 0.2) is 12.2 Å². The number of piperidine rings is 1. The maximum atomic E-state index is 12.3. The van der Waals surface area contributed by atoms with E-state index in [1.54, 1.807) is 6.08 Å². The van der Waals surface area contributed by atoms with Crippen LogP contribution in [0, 0.1) is 0 Å². The number of nitrogens with zero attached hydrogens (tertiary/aromatic N) is 2. The van der Waals surface area contributed by atoms with Crippen LogP contribution in [0.2, 0.25) is 0 Å². The average molecular weight is 266 g/mol. The quantitative estimate of drug-likeness (QED) is 0.728. The van der Waals surface area contributed by atoms with Gasteiger partial charge in [0, 0.05) is 19.2 Å². The summed E-state index contributed by atoms with van der Waals surface area (Å²) in [4.78, 5) is 16.4. The Bertz CT molecular complexity index is 363. The number of carbonyl (C=O) groups is 1. The summed E-state index contributed by atoms with van der Waals surface area (Å²) in [7, 11) is 4.00. The van der Waals surface area contributed by atoms with Crippen molar-refractivity contribution >= 4 is 5.91 Å². The topological polar surface area (TPSA) is 32.8 Å². The van der Waals surface area contributed by atoms with E-state index in [4.69, 9.17) is 4.74 Å². The molecule has 0 aromatic rings. The van der Waals surface area contributed by atoms with Gasteiger partial charge in [0.2, 0.25) is 5.91 Å². The van der Waals surface area contributed by atoms with Crippen molar-refractivity contribution in [2.45, 2.75) is 50.9 Å². The van der Waals surface area contributed by atoms with Crippen LogP contribution in [0.25, 0.3) is 0 Å². The van der Waals surface area contributed by atoms with Gasteiger partial charge in [-0.25, -0.2) is 0 Å². The van der Waals surface area contributed by atoms with E-state index in [1.807, 2.05) is 30.0 Å². The fourth-order valence-electron chi connectivity index (χ4n) is 3.10. The maximum absolute atomic E-state index is 12.3. The van der Waals surface area contributed by atoms with Crippen molar-refractivity contribution in [3.05, 3.63) is 12.2 Å². The Labute approximate surface area is 116 Å². The summed E-state index contributed by atoms with van der Waals surface area (Å²) in [6.45, 7) is 5.91. The molecular formula is C15H26N2O2. The number of likely N-dealkylation sites (N-methyl/N-ethyl adjacent to an activating group) is 1. The molecule has 1 amide bonds. The number of likely N-dealkylation sites (tertiary alicyclic amines) is 1. The summed E-state index contributed by atoms with van der Waals surface area (Å²) < 4.78 is 6.05. The van der Waals surface area contributed by atoms with Gasteiger partial charge in [0.1, 0.15) is 0 Å². The lowest BCUT2D eigenvalue weighted by atomic mass is 9.94. The zero-order chi connectivity index (χ0) is 14.0. The molecule has 2 saturated heterocycles. The highest BCUT2D eigenvalue weighted by atomic mass is 16.5. The zero-order valence-electron chi connectivity index (χ0n) is 12.6. The van der Waals surface area contributed by atoms with Crippen molar-refractivity contribution in [1.29, 1.82) is 0 Å². The molecule has 0 aromatic carbocycles. The number of rotatable bonds is 3. The second kappa shape index (κ2) is 5.63. The molecular weight excluding hydrogens is 240 g/mol. The fourth-order valence-corrected chi connectivity index (χ4v) is 3.10. The Morgan fingerprint density at radius 3 is 2.89 bits per heavy atom. The molecule has 0 aromatic heterocycles. The first-order valence-corrected chi connectivity index (χ1v) is 7.19. The molecule has 0 spiro atoms. The summed E-state index contributed by atoms with van der Waals surface area (Å²) in [5.41, 5.74) is -0.0917. The second-order valence-electron chi connectivity index (χ2n) is 6.53. The van der Waals surface area contributed by atoms with Gasteiger partial charge in [-0.1, -0.05) is 6.08 Å². The van der Waals surface area contributed by atoms with Crippen LogP contribution in [0.4, 0.5) is 0 Å². The van der Waals surface area contributed by atoms with Crippen LogP contribution < -0.4 is 0 Å². The normalized spacial score (nSPS) is 30.1. The van der Waals surface area contributed by atoms with Crippen molar-refractivity contribution in [1.82, 2.24) is 9.80 Å². The van der Waals surface area contributed by atoms with Crippen LogP contribution in [0.3, 0.4) is 0 Å². The van der Waals surface area contributed by atoms with Crippen molar-refractivity contribution < 1.29 is 9.53 Å². The summed E-state index contributed by atoms with van der Waals surface area (Å²) in [5, 5.41) is 0. The van der Waals surface area contributed by atoms with Gasteiger partial charge in [0.05, 0.1) is 17.7 Å². The number of ether oxygens (including phenoxy) is 1. The van der Waals surface area contributed by atoms with Gasteiger partial charge in [-0.2, -0.15) is 0 Å². The molecule has 2 atom stereocenters. The van der Waals surface area contributed by atoms with Crippen molar-refractivity contribution in [2.24, 2.45) is 0 Å². The molecule has 0 bridgehead atoms. The third kappa shape index (κ3) is 3.57. The fraction of sp³-hybridized carbons (Fsp3) is 0.800. The SMILES string of the molecule is CN(C)C/C=C/C(=O)N1CCC[C@@H]2OC(C)(C)C[C@@H]21. The molecule has 0 aliphatic carbocycles. The Balaban J connectivity index is 1.99. The molecule has 0 saturated carbocycles. The lowest BCUT2D eigenvalue weighted by molar-refractivity contribution is -0.132. The zero-order valence-corrected chi connectivity index (χ0v) is 12.6. The molecule has 2 rings (SSSR count). The molecule has 0 unspecified atom stereocenters. The summed E-state index contributed by atoms with van der Waals surface area (Å²) in [5.74, 6) is 0.137. The monoisotopic (exact) mass is 266 g/mol. The van der Waals surface area contributed by atoms with Gasteiger partial charge >= 0.3 is 0 Å². The molecule has 4 heteroatoms. The largest absolute Gasteiger partial charge is 0.370 e. The second-order valence-corrected chi connectivity index (χ2v) is 6.53. The lowest BCUT2D eigenvalue weighted by Gasteiger charge is -2.35. The Hall–Kier alpha value is -0.870. The van der Waals surface area contributed by atoms with Crippen LogP contribution in [0.5, 0.6) is 0 Å². The molecule has 19 heavy (non-hydrogen) atoms. The van der Waals surface area contributed by atoms with Crippen LogP contribution in [-0.4, -0.2) is 60.6 Å². The molecule has 4 nitrogen and oxygen atoms in total. The van der Waals surface area contributed by atoms with E-state index in [0.29, 0.717) is 0 Å². The molecule has 0 N–H and O–H groups in total. The Morgan fingerprint density at radius 2 is 2.21 bits per heavy atom. The lowest BCUT2D eigenvalue weighted by Crippen LogP contribution is -2.48. The Kier molecular flexibility index (Phi) is 4.31. The van der Waals surface area contributed by atoms with Crippen LogP contribution >= 0.6 is 0 Å². The number of amides is 1. The number of fused-ring (bicyclic) bond motifs is 1. The first kappa shape index (κ1) is 14.5. The van der Waals surface area contributed by atoms with Gasteiger partial charge in [0.15, 0.2) is 0 Å². The third-order valence-corrected chi connectivity index (χ3v) is 3.90. The summed E-state index contributed by atoms with van der Waals surface area (Å²) in [6.07, 6.45) is 6.96. The van der Waals surface area contributed by atoms with E-state index in [1.165, 1.54) is 0 Å². The third-order valence-electron chi connectivity index (χ3n) is 3.90. The van der Waals surface area contributed by atoms with E-state index in [2.05, 4.69) is 13.8 Å². The smallest absolute Gasteiger partial charge is 0.246 e. The van der Waals surface area contributed by atoms with E-state index in [0.717, 1.165) is 32.4 Å². The molecule has 0 radical (unpaired) electrons. The van der Waals surface area contributed by atoms with Gasteiger partial charge in [-0.15, -0.1) is 0 Å². The number of carbonyl (C=O) groups excluding carboxylic acids is 1. The van der Waals surface area contributed by atoms with Crippen LogP contribution in [-0.2, 0) is 9.53 Å². The van der Waals surface area contributed by atoms with Gasteiger partial charge in [-0.05, 0) is 47.2 Å². The standard InChI is InChI=1S/C15H26N2O2/c1-15(2)11-12-13(19-15)7-5-10-17(12)14(18)8-6-9-16(3)4/h6,8,12-13H,5,7,9-11H2,1-4H3/b8-6+/t12-,13-/m0/s1. The molecule has 2 heterocycles. The van der Waals surface area contributed by atoms with Crippen LogP contribution in [0.1, 0.15) is 33.1 Å². The molecule has 2 aliphatic heterocycles. The number of hydrogen-bond acceptors (Lipinski definition) is 3. The summed E-state index contributed by atoms with van der Waals surface area (Å²) in [6, 6.07) is 0.264. The minimum Gasteiger partial charge on any atom is -0.370 e. The first-order chi connectivity index (χ1) is 8.89.